The monoisotopic (exact) mass is 514 g/mol. The predicted octanol–water partition coefficient (Wildman–Crippen LogP) is 6.74. The van der Waals surface area contributed by atoms with Gasteiger partial charge in [0.1, 0.15) is 6.61 Å². The molecule has 5 nitrogen and oxygen atoms in total. The van der Waals surface area contributed by atoms with E-state index in [2.05, 4.69) is 29.7 Å². The van der Waals surface area contributed by atoms with Gasteiger partial charge in [0.25, 0.3) is 5.91 Å². The van der Waals surface area contributed by atoms with Gasteiger partial charge in [-0.2, -0.15) is 0 Å². The lowest BCUT2D eigenvalue weighted by Crippen LogP contribution is -2.30. The second-order valence-corrected chi connectivity index (χ2v) is 9.60. The molecule has 0 saturated carbocycles. The van der Waals surface area contributed by atoms with Crippen LogP contribution >= 0.6 is 35.0 Å². The summed E-state index contributed by atoms with van der Waals surface area (Å²) in [4.78, 5) is 13.1. The molecule has 1 aliphatic heterocycles. The van der Waals surface area contributed by atoms with Crippen LogP contribution in [-0.4, -0.2) is 18.5 Å². The number of nitrogens with one attached hydrogen (secondary N) is 2. The molecular weight excluding hydrogens is 491 g/mol. The number of halogens is 2. The van der Waals surface area contributed by atoms with E-state index in [4.69, 9.17) is 32.7 Å². The molecule has 3 aromatic carbocycles. The van der Waals surface area contributed by atoms with Crippen molar-refractivity contribution < 1.29 is 14.3 Å². The van der Waals surface area contributed by atoms with Gasteiger partial charge in [-0.25, -0.2) is 0 Å². The van der Waals surface area contributed by atoms with Gasteiger partial charge in [-0.15, -0.1) is 0 Å². The molecular formula is C26H24Cl2N2O3S. The number of methoxy groups -OCH3 is 1. The van der Waals surface area contributed by atoms with Gasteiger partial charge < -0.3 is 20.1 Å². The van der Waals surface area contributed by atoms with Gasteiger partial charge in [0.2, 0.25) is 0 Å². The molecule has 34 heavy (non-hydrogen) atoms. The quantitative estimate of drug-likeness (QED) is 0.326. The van der Waals surface area contributed by atoms with Crippen LogP contribution in [0.25, 0.3) is 6.08 Å². The summed E-state index contributed by atoms with van der Waals surface area (Å²) < 4.78 is 11.4. The van der Waals surface area contributed by atoms with Crippen molar-refractivity contribution in [2.45, 2.75) is 25.4 Å². The maximum absolute atomic E-state index is 12.5. The molecule has 4 rings (SSSR count). The molecule has 8 heteroatoms. The van der Waals surface area contributed by atoms with Crippen molar-refractivity contribution in [3.8, 4) is 11.5 Å². The van der Waals surface area contributed by atoms with Crippen LogP contribution < -0.4 is 20.1 Å². The second kappa shape index (κ2) is 11.1. The standard InChI is InChI=1S/C26H24Cl2N2O3S/c1-3-16-4-9-20(10-5-16)29-26-30-25(31)24(34-26)13-17-6-11-22(23(12-17)32-2)33-15-18-7-8-19(27)14-21(18)28/h4-14,26,29H,3,15H2,1-2H3,(H,30,31)/b24-13-/t26-/m0/s1. The maximum atomic E-state index is 12.5. The summed E-state index contributed by atoms with van der Waals surface area (Å²) >= 11 is 13.6. The van der Waals surface area contributed by atoms with Crippen molar-refractivity contribution in [1.82, 2.24) is 5.32 Å². The summed E-state index contributed by atoms with van der Waals surface area (Å²) in [6, 6.07) is 19.0. The number of hydrogen-bond donors (Lipinski definition) is 2. The van der Waals surface area contributed by atoms with Crippen molar-refractivity contribution in [2.75, 3.05) is 12.4 Å². The molecule has 1 atom stereocenters. The van der Waals surface area contributed by atoms with Crippen LogP contribution in [0.15, 0.2) is 65.6 Å². The highest BCUT2D eigenvalue weighted by atomic mass is 35.5. The lowest BCUT2D eigenvalue weighted by molar-refractivity contribution is -0.116. The molecule has 1 saturated heterocycles. The first-order chi connectivity index (χ1) is 16.4. The third-order valence-electron chi connectivity index (χ3n) is 5.27. The zero-order valence-electron chi connectivity index (χ0n) is 18.7. The molecule has 0 aliphatic carbocycles. The van der Waals surface area contributed by atoms with Crippen LogP contribution in [0.5, 0.6) is 11.5 Å². The summed E-state index contributed by atoms with van der Waals surface area (Å²) in [7, 11) is 1.58. The Kier molecular flexibility index (Phi) is 7.93. The van der Waals surface area contributed by atoms with Gasteiger partial charge in [-0.3, -0.25) is 4.79 Å². The van der Waals surface area contributed by atoms with Crippen molar-refractivity contribution in [3.63, 3.8) is 0 Å². The molecule has 0 radical (unpaired) electrons. The first-order valence-electron chi connectivity index (χ1n) is 10.7. The van der Waals surface area contributed by atoms with E-state index in [1.807, 2.05) is 42.5 Å². The van der Waals surface area contributed by atoms with Gasteiger partial charge in [0.05, 0.1) is 12.0 Å². The first-order valence-corrected chi connectivity index (χ1v) is 12.4. The number of carbonyl (C=O) groups excluding carboxylic acids is 1. The van der Waals surface area contributed by atoms with E-state index in [1.54, 1.807) is 19.2 Å². The number of hydrogen-bond acceptors (Lipinski definition) is 5. The van der Waals surface area contributed by atoms with Crippen LogP contribution in [-0.2, 0) is 17.8 Å². The van der Waals surface area contributed by atoms with Crippen LogP contribution in [0.4, 0.5) is 5.69 Å². The van der Waals surface area contributed by atoms with E-state index < -0.39 is 0 Å². The van der Waals surface area contributed by atoms with E-state index in [9.17, 15) is 4.79 Å². The Morgan fingerprint density at radius 1 is 1.06 bits per heavy atom. The minimum absolute atomic E-state index is 0.121. The van der Waals surface area contributed by atoms with Gasteiger partial charge in [0, 0.05) is 21.3 Å². The van der Waals surface area contributed by atoms with Crippen molar-refractivity contribution in [2.24, 2.45) is 0 Å². The summed E-state index contributed by atoms with van der Waals surface area (Å²) in [5, 5.41) is 7.41. The normalized spacial score (nSPS) is 16.4. The topological polar surface area (TPSA) is 59.6 Å². The number of anilines is 1. The highest BCUT2D eigenvalue weighted by Gasteiger charge is 2.27. The summed E-state index contributed by atoms with van der Waals surface area (Å²) in [6.07, 6.45) is 2.83. The molecule has 1 fully saturated rings. The third-order valence-corrected chi connectivity index (χ3v) is 6.89. The highest BCUT2D eigenvalue weighted by Crippen LogP contribution is 2.34. The largest absolute Gasteiger partial charge is 0.493 e. The van der Waals surface area contributed by atoms with Crippen molar-refractivity contribution in [3.05, 3.63) is 92.3 Å². The third kappa shape index (κ3) is 6.00. The molecule has 176 valence electrons. The number of thioether (sulfide) groups is 1. The lowest BCUT2D eigenvalue weighted by atomic mass is 10.1. The van der Waals surface area contributed by atoms with E-state index in [1.165, 1.54) is 17.3 Å². The van der Waals surface area contributed by atoms with Crippen LogP contribution in [0, 0.1) is 0 Å². The fourth-order valence-corrected chi connectivity index (χ4v) is 4.84. The van der Waals surface area contributed by atoms with E-state index in [0.717, 1.165) is 23.2 Å². The predicted molar refractivity (Wildman–Crippen MR) is 141 cm³/mol. The Hall–Kier alpha value is -2.80. The number of ether oxygens (including phenoxy) is 2. The zero-order valence-corrected chi connectivity index (χ0v) is 21.1. The Morgan fingerprint density at radius 3 is 2.56 bits per heavy atom. The minimum atomic E-state index is -0.236. The van der Waals surface area contributed by atoms with E-state index >= 15 is 0 Å². The van der Waals surface area contributed by atoms with Crippen molar-refractivity contribution in [1.29, 1.82) is 0 Å². The fourth-order valence-electron chi connectivity index (χ4n) is 3.39. The summed E-state index contributed by atoms with van der Waals surface area (Å²) in [5.74, 6) is 1.02. The summed E-state index contributed by atoms with van der Waals surface area (Å²) in [5.41, 5.74) is 3.65. The molecule has 1 aliphatic rings. The number of carbonyl (C=O) groups is 1. The number of amides is 1. The lowest BCUT2D eigenvalue weighted by Gasteiger charge is -2.13. The van der Waals surface area contributed by atoms with E-state index in [0.29, 0.717) is 26.4 Å². The molecule has 1 amide bonds. The van der Waals surface area contributed by atoms with Crippen LogP contribution in [0.3, 0.4) is 0 Å². The Morgan fingerprint density at radius 2 is 1.85 bits per heavy atom. The highest BCUT2D eigenvalue weighted by molar-refractivity contribution is 8.05. The fraction of sp³-hybridized carbons (Fsp3) is 0.192. The number of aryl methyl sites for hydroxylation is 1. The minimum Gasteiger partial charge on any atom is -0.493 e. The summed E-state index contributed by atoms with van der Waals surface area (Å²) in [6.45, 7) is 2.40. The van der Waals surface area contributed by atoms with Gasteiger partial charge in [-0.05, 0) is 60.0 Å². The van der Waals surface area contributed by atoms with E-state index in [-0.39, 0.29) is 18.0 Å². The number of rotatable bonds is 8. The average molecular weight is 515 g/mol. The molecule has 0 spiro atoms. The van der Waals surface area contributed by atoms with Crippen molar-refractivity contribution >= 4 is 52.6 Å². The number of benzene rings is 3. The molecule has 0 unspecified atom stereocenters. The molecule has 1 heterocycles. The molecule has 0 bridgehead atoms. The van der Waals surface area contributed by atoms with Crippen LogP contribution in [0.1, 0.15) is 23.6 Å². The Balaban J connectivity index is 1.43. The Labute approximate surface area is 213 Å². The first kappa shape index (κ1) is 24.3. The smallest absolute Gasteiger partial charge is 0.260 e. The SMILES string of the molecule is CCc1ccc(N[C@H]2NC(=O)/C(=C/c3ccc(OCc4ccc(Cl)cc4Cl)c(OC)c3)S2)cc1. The molecule has 0 aromatic heterocycles. The second-order valence-electron chi connectivity index (χ2n) is 7.61. The van der Waals surface area contributed by atoms with Gasteiger partial charge in [0.15, 0.2) is 17.0 Å². The Bertz CT molecular complexity index is 1220. The van der Waals surface area contributed by atoms with Crippen LogP contribution in [0.2, 0.25) is 10.0 Å². The molecule has 3 aromatic rings. The van der Waals surface area contributed by atoms with Gasteiger partial charge in [-0.1, -0.05) is 66.2 Å². The maximum Gasteiger partial charge on any atom is 0.260 e. The zero-order chi connectivity index (χ0) is 24.1. The molecule has 2 N–H and O–H groups in total. The average Bonchev–Trinajstić information content (AvgIpc) is 3.17. The van der Waals surface area contributed by atoms with Gasteiger partial charge >= 0.3 is 0 Å².